The minimum Gasteiger partial charge on any atom is -0.481 e. The van der Waals surface area contributed by atoms with Gasteiger partial charge >= 0.3 is 5.97 Å². The Kier molecular flexibility index (Phi) is 3.39. The number of carboxylic acid groups (broad SMARTS) is 1. The summed E-state index contributed by atoms with van der Waals surface area (Å²) in [6.07, 6.45) is -0.0834. The Labute approximate surface area is 80.2 Å². The maximum Gasteiger partial charge on any atom is 0.309 e. The van der Waals surface area contributed by atoms with Gasteiger partial charge in [-0.1, -0.05) is 0 Å². The predicted octanol–water partition coefficient (Wildman–Crippen LogP) is 1.48. The highest BCUT2D eigenvalue weighted by atomic mass is 32.1. The van der Waals surface area contributed by atoms with Gasteiger partial charge in [0.2, 0.25) is 0 Å². The molecule has 0 fully saturated rings. The van der Waals surface area contributed by atoms with Gasteiger partial charge in [0.15, 0.2) is 0 Å². The van der Waals surface area contributed by atoms with Crippen LogP contribution in [-0.2, 0) is 16.0 Å². The fraction of sp³-hybridized carbons (Fsp3) is 0.500. The molecule has 0 aromatic carbocycles. The number of rotatable bonds is 4. The lowest BCUT2D eigenvalue weighted by atomic mass is 10.3. The SMILES string of the molecule is CO[C@@H](C)c1nc(CC(=O)O)cs1. The molecule has 1 aromatic heterocycles. The molecule has 0 saturated heterocycles. The lowest BCUT2D eigenvalue weighted by Gasteiger charge is -2.03. The molecule has 0 aliphatic rings. The fourth-order valence-corrected chi connectivity index (χ4v) is 1.70. The third-order valence-electron chi connectivity index (χ3n) is 1.60. The maximum atomic E-state index is 10.4. The van der Waals surface area contributed by atoms with Crippen LogP contribution in [0.4, 0.5) is 0 Å². The number of nitrogens with zero attached hydrogens (tertiary/aromatic N) is 1. The lowest BCUT2D eigenvalue weighted by Crippen LogP contribution is -2.01. The monoisotopic (exact) mass is 201 g/mol. The molecule has 1 rings (SSSR count). The Morgan fingerprint density at radius 3 is 3.08 bits per heavy atom. The average Bonchev–Trinajstić information content (AvgIpc) is 2.50. The quantitative estimate of drug-likeness (QED) is 0.801. The van der Waals surface area contributed by atoms with E-state index in [4.69, 9.17) is 9.84 Å². The zero-order chi connectivity index (χ0) is 9.84. The molecule has 72 valence electrons. The van der Waals surface area contributed by atoms with Gasteiger partial charge in [-0.3, -0.25) is 4.79 Å². The summed E-state index contributed by atoms with van der Waals surface area (Å²) >= 11 is 1.42. The van der Waals surface area contributed by atoms with E-state index < -0.39 is 5.97 Å². The van der Waals surface area contributed by atoms with Crippen LogP contribution in [0, 0.1) is 0 Å². The predicted molar refractivity (Wildman–Crippen MR) is 48.9 cm³/mol. The topological polar surface area (TPSA) is 59.4 Å². The standard InChI is InChI=1S/C8H11NO3S/c1-5(12-2)8-9-6(4-13-8)3-7(10)11/h4-5H,3H2,1-2H3,(H,10,11)/t5-/m0/s1. The molecule has 0 saturated carbocycles. The minimum atomic E-state index is -0.859. The Hall–Kier alpha value is -0.940. The smallest absolute Gasteiger partial charge is 0.309 e. The van der Waals surface area contributed by atoms with Gasteiger partial charge in [-0.05, 0) is 6.92 Å². The van der Waals surface area contributed by atoms with Crippen molar-refractivity contribution in [2.75, 3.05) is 7.11 Å². The molecular formula is C8H11NO3S. The Morgan fingerprint density at radius 1 is 1.85 bits per heavy atom. The molecule has 0 amide bonds. The van der Waals surface area contributed by atoms with Crippen molar-refractivity contribution < 1.29 is 14.6 Å². The summed E-state index contributed by atoms with van der Waals surface area (Å²) in [5, 5.41) is 11.1. The van der Waals surface area contributed by atoms with E-state index in [-0.39, 0.29) is 12.5 Å². The molecule has 0 spiro atoms. The molecule has 0 aliphatic heterocycles. The van der Waals surface area contributed by atoms with Crippen LogP contribution >= 0.6 is 11.3 Å². The van der Waals surface area contributed by atoms with Gasteiger partial charge in [0.1, 0.15) is 11.1 Å². The van der Waals surface area contributed by atoms with E-state index in [0.29, 0.717) is 5.69 Å². The van der Waals surface area contributed by atoms with E-state index in [1.165, 1.54) is 11.3 Å². The van der Waals surface area contributed by atoms with Crippen LogP contribution < -0.4 is 0 Å². The maximum absolute atomic E-state index is 10.4. The molecule has 13 heavy (non-hydrogen) atoms. The van der Waals surface area contributed by atoms with Gasteiger partial charge in [0.25, 0.3) is 0 Å². The van der Waals surface area contributed by atoms with Crippen LogP contribution in [0.1, 0.15) is 23.7 Å². The summed E-state index contributed by atoms with van der Waals surface area (Å²) in [5.41, 5.74) is 0.594. The molecule has 1 heterocycles. The zero-order valence-electron chi connectivity index (χ0n) is 7.48. The number of hydrogen-bond donors (Lipinski definition) is 1. The summed E-state index contributed by atoms with van der Waals surface area (Å²) < 4.78 is 5.06. The molecule has 0 aliphatic carbocycles. The van der Waals surface area contributed by atoms with Crippen LogP contribution in [0.3, 0.4) is 0 Å². The number of aromatic nitrogens is 1. The molecular weight excluding hydrogens is 190 g/mol. The van der Waals surface area contributed by atoms with Crippen LogP contribution in [0.2, 0.25) is 0 Å². The summed E-state index contributed by atoms with van der Waals surface area (Å²) in [5.74, 6) is -0.859. The fourth-order valence-electron chi connectivity index (χ4n) is 0.846. The summed E-state index contributed by atoms with van der Waals surface area (Å²) in [4.78, 5) is 14.5. The van der Waals surface area contributed by atoms with Gasteiger partial charge in [0, 0.05) is 12.5 Å². The molecule has 0 radical (unpaired) electrons. The molecule has 4 nitrogen and oxygen atoms in total. The highest BCUT2D eigenvalue weighted by Gasteiger charge is 2.10. The van der Waals surface area contributed by atoms with Crippen molar-refractivity contribution in [1.29, 1.82) is 0 Å². The Morgan fingerprint density at radius 2 is 2.54 bits per heavy atom. The first-order valence-corrected chi connectivity index (χ1v) is 4.70. The number of thiazole rings is 1. The minimum absolute atomic E-state index is 0.0209. The molecule has 1 N–H and O–H groups in total. The van der Waals surface area contributed by atoms with Crippen LogP contribution in [0.5, 0.6) is 0 Å². The Balaban J connectivity index is 2.68. The second-order valence-corrected chi connectivity index (χ2v) is 3.52. The van der Waals surface area contributed by atoms with E-state index in [1.54, 1.807) is 12.5 Å². The van der Waals surface area contributed by atoms with Crippen molar-refractivity contribution in [3.05, 3.63) is 16.1 Å². The molecule has 5 heteroatoms. The molecule has 1 atom stereocenters. The van der Waals surface area contributed by atoms with Gasteiger partial charge in [0.05, 0.1) is 12.1 Å². The summed E-state index contributed by atoms with van der Waals surface area (Å²) in [6.45, 7) is 1.88. The van der Waals surface area contributed by atoms with Crippen LogP contribution in [0.15, 0.2) is 5.38 Å². The van der Waals surface area contributed by atoms with Crippen molar-refractivity contribution in [3.63, 3.8) is 0 Å². The normalized spacial score (nSPS) is 12.8. The highest BCUT2D eigenvalue weighted by Crippen LogP contribution is 2.20. The van der Waals surface area contributed by atoms with E-state index >= 15 is 0 Å². The van der Waals surface area contributed by atoms with Crippen molar-refractivity contribution in [2.45, 2.75) is 19.4 Å². The second kappa shape index (κ2) is 4.34. The lowest BCUT2D eigenvalue weighted by molar-refractivity contribution is -0.136. The third-order valence-corrected chi connectivity index (χ3v) is 2.66. The van der Waals surface area contributed by atoms with Gasteiger partial charge in [-0.25, -0.2) is 4.98 Å². The summed E-state index contributed by atoms with van der Waals surface area (Å²) in [6, 6.07) is 0. The number of hydrogen-bond acceptors (Lipinski definition) is 4. The Bertz CT molecular complexity index is 297. The average molecular weight is 201 g/mol. The number of ether oxygens (including phenoxy) is 1. The van der Waals surface area contributed by atoms with Crippen molar-refractivity contribution in [3.8, 4) is 0 Å². The number of aliphatic carboxylic acids is 1. The third kappa shape index (κ3) is 2.78. The first kappa shape index (κ1) is 10.1. The second-order valence-electron chi connectivity index (χ2n) is 2.63. The van der Waals surface area contributed by atoms with E-state index in [1.807, 2.05) is 6.92 Å². The van der Waals surface area contributed by atoms with Gasteiger partial charge < -0.3 is 9.84 Å². The van der Waals surface area contributed by atoms with Crippen molar-refractivity contribution in [1.82, 2.24) is 4.98 Å². The number of carbonyl (C=O) groups is 1. The van der Waals surface area contributed by atoms with Crippen molar-refractivity contribution in [2.24, 2.45) is 0 Å². The number of methoxy groups -OCH3 is 1. The van der Waals surface area contributed by atoms with Crippen LogP contribution in [-0.4, -0.2) is 23.2 Å². The van der Waals surface area contributed by atoms with E-state index in [2.05, 4.69) is 4.98 Å². The molecule has 0 unspecified atom stereocenters. The largest absolute Gasteiger partial charge is 0.481 e. The van der Waals surface area contributed by atoms with Gasteiger partial charge in [-0.2, -0.15) is 0 Å². The van der Waals surface area contributed by atoms with E-state index in [9.17, 15) is 4.79 Å². The molecule has 0 bridgehead atoms. The number of carboxylic acids is 1. The van der Waals surface area contributed by atoms with E-state index in [0.717, 1.165) is 5.01 Å². The first-order chi connectivity index (χ1) is 6.13. The van der Waals surface area contributed by atoms with Gasteiger partial charge in [-0.15, -0.1) is 11.3 Å². The zero-order valence-corrected chi connectivity index (χ0v) is 8.30. The van der Waals surface area contributed by atoms with Crippen LogP contribution in [0.25, 0.3) is 0 Å². The summed E-state index contributed by atoms with van der Waals surface area (Å²) in [7, 11) is 1.60. The molecule has 1 aromatic rings. The first-order valence-electron chi connectivity index (χ1n) is 3.82. The van der Waals surface area contributed by atoms with Crippen molar-refractivity contribution >= 4 is 17.3 Å². The highest BCUT2D eigenvalue weighted by molar-refractivity contribution is 7.09.